The van der Waals surface area contributed by atoms with Crippen LogP contribution >= 0.6 is 12.4 Å². The van der Waals surface area contributed by atoms with Gasteiger partial charge in [-0.1, -0.05) is 12.1 Å². The van der Waals surface area contributed by atoms with E-state index < -0.39 is 40.9 Å². The predicted octanol–water partition coefficient (Wildman–Crippen LogP) is 5.96. The maximum Gasteiger partial charge on any atom is 0.207 e. The highest BCUT2D eigenvalue weighted by Crippen LogP contribution is 2.38. The maximum atomic E-state index is 14.0. The molecule has 1 atom stereocenters. The second kappa shape index (κ2) is 10.9. The number of likely N-dealkylation sites (tertiary alicyclic amines) is 1. The molecule has 1 aliphatic rings. The molecular formula is C23H24ClF5N2O4. The Kier molecular flexibility index (Phi) is 8.32. The molecule has 0 amide bonds. The number of rotatable bonds is 7. The first-order valence-electron chi connectivity index (χ1n) is 10.7. The van der Waals surface area contributed by atoms with Gasteiger partial charge in [0.2, 0.25) is 29.1 Å². The van der Waals surface area contributed by atoms with E-state index in [2.05, 4.69) is 10.1 Å². The molecule has 3 aromatic rings. The zero-order valence-electron chi connectivity index (χ0n) is 19.2. The van der Waals surface area contributed by atoms with Crippen molar-refractivity contribution >= 4 is 23.4 Å². The lowest BCUT2D eigenvalue weighted by Gasteiger charge is -2.36. The minimum absolute atomic E-state index is 0. The molecule has 35 heavy (non-hydrogen) atoms. The van der Waals surface area contributed by atoms with Crippen molar-refractivity contribution in [1.29, 1.82) is 0 Å². The van der Waals surface area contributed by atoms with Crippen molar-refractivity contribution in [2.75, 3.05) is 27.3 Å². The molecule has 0 N–H and O–H groups in total. The summed E-state index contributed by atoms with van der Waals surface area (Å²) in [5.41, 5.74) is 1.24. The normalized spacial score (nSPS) is 15.7. The fourth-order valence-electron chi connectivity index (χ4n) is 4.31. The lowest BCUT2D eigenvalue weighted by Crippen LogP contribution is -2.40. The van der Waals surface area contributed by atoms with E-state index in [1.165, 1.54) is 14.2 Å². The van der Waals surface area contributed by atoms with Gasteiger partial charge < -0.3 is 18.7 Å². The molecule has 0 aliphatic carbocycles. The third-order valence-corrected chi connectivity index (χ3v) is 6.08. The number of aromatic nitrogens is 1. The van der Waals surface area contributed by atoms with Crippen LogP contribution < -0.4 is 14.2 Å². The lowest BCUT2D eigenvalue weighted by atomic mass is 10.00. The van der Waals surface area contributed by atoms with Gasteiger partial charge in [-0.15, -0.1) is 12.4 Å². The van der Waals surface area contributed by atoms with E-state index in [1.807, 2.05) is 6.92 Å². The van der Waals surface area contributed by atoms with Gasteiger partial charge in [-0.3, -0.25) is 4.90 Å². The second-order valence-corrected chi connectivity index (χ2v) is 7.95. The quantitative estimate of drug-likeness (QED) is 0.217. The molecule has 2 aromatic carbocycles. The van der Waals surface area contributed by atoms with E-state index >= 15 is 0 Å². The number of piperidine rings is 1. The van der Waals surface area contributed by atoms with Crippen molar-refractivity contribution in [3.05, 3.63) is 46.9 Å². The SMILES string of the molecule is CCC(c1noc2cc(OC)c(OC)cc12)N1CCC(Oc2c(F)c(F)c(F)c(F)c2F)CC1.Cl. The summed E-state index contributed by atoms with van der Waals surface area (Å²) in [7, 11) is 3.05. The smallest absolute Gasteiger partial charge is 0.207 e. The van der Waals surface area contributed by atoms with Crippen molar-refractivity contribution in [2.45, 2.75) is 38.3 Å². The topological polar surface area (TPSA) is 57.0 Å². The van der Waals surface area contributed by atoms with Crippen LogP contribution in [0.1, 0.15) is 37.9 Å². The number of methoxy groups -OCH3 is 2. The molecule has 4 rings (SSSR count). The van der Waals surface area contributed by atoms with Gasteiger partial charge in [-0.2, -0.15) is 8.78 Å². The minimum atomic E-state index is -2.21. The number of hydrogen-bond donors (Lipinski definition) is 0. The van der Waals surface area contributed by atoms with Crippen LogP contribution in [0.5, 0.6) is 17.2 Å². The number of hydrogen-bond acceptors (Lipinski definition) is 6. The van der Waals surface area contributed by atoms with Gasteiger partial charge in [0.25, 0.3) is 0 Å². The van der Waals surface area contributed by atoms with Crippen molar-refractivity contribution in [1.82, 2.24) is 10.1 Å². The number of ether oxygens (including phenoxy) is 3. The second-order valence-electron chi connectivity index (χ2n) is 7.95. The Morgan fingerprint density at radius 3 is 2.03 bits per heavy atom. The van der Waals surface area contributed by atoms with E-state index in [-0.39, 0.29) is 18.4 Å². The van der Waals surface area contributed by atoms with Crippen molar-refractivity contribution in [3.63, 3.8) is 0 Å². The zero-order valence-corrected chi connectivity index (χ0v) is 20.0. The van der Waals surface area contributed by atoms with Crippen LogP contribution in [0, 0.1) is 29.1 Å². The highest BCUT2D eigenvalue weighted by atomic mass is 35.5. The van der Waals surface area contributed by atoms with E-state index in [0.717, 1.165) is 5.39 Å². The van der Waals surface area contributed by atoms with Gasteiger partial charge in [-0.05, 0) is 25.3 Å². The molecule has 1 fully saturated rings. The molecule has 1 aliphatic heterocycles. The van der Waals surface area contributed by atoms with Crippen molar-refractivity contribution < 1.29 is 40.7 Å². The van der Waals surface area contributed by atoms with E-state index in [9.17, 15) is 22.0 Å². The molecular weight excluding hydrogens is 499 g/mol. The predicted molar refractivity (Wildman–Crippen MR) is 119 cm³/mol. The molecule has 6 nitrogen and oxygen atoms in total. The Bertz CT molecular complexity index is 1170. The fourth-order valence-corrected chi connectivity index (χ4v) is 4.31. The van der Waals surface area contributed by atoms with E-state index in [0.29, 0.717) is 55.1 Å². The van der Waals surface area contributed by atoms with Gasteiger partial charge in [0.1, 0.15) is 11.8 Å². The molecule has 1 unspecified atom stereocenters. The van der Waals surface area contributed by atoms with Gasteiger partial charge in [0.05, 0.1) is 25.6 Å². The molecule has 192 valence electrons. The monoisotopic (exact) mass is 522 g/mol. The van der Waals surface area contributed by atoms with Crippen LogP contribution in [0.15, 0.2) is 16.7 Å². The fraction of sp³-hybridized carbons (Fsp3) is 0.435. The minimum Gasteiger partial charge on any atom is -0.493 e. The summed E-state index contributed by atoms with van der Waals surface area (Å²) in [4.78, 5) is 2.12. The average Bonchev–Trinajstić information content (AvgIpc) is 3.27. The number of halogens is 6. The maximum absolute atomic E-state index is 14.0. The standard InChI is InChI=1S/C23H23F5N2O4.ClH/c1-4-13(22-12-9-15(31-2)16(32-3)10-14(12)34-29-22)30-7-5-11(6-8-30)33-23-20(27)18(25)17(24)19(26)21(23)28;/h9-11,13H,4-8H2,1-3H3;1H. The van der Waals surface area contributed by atoms with Crippen LogP contribution in [0.3, 0.4) is 0 Å². The van der Waals surface area contributed by atoms with Crippen LogP contribution in [0.25, 0.3) is 11.0 Å². The Hall–Kier alpha value is -2.79. The highest BCUT2D eigenvalue weighted by Gasteiger charge is 2.33. The molecule has 0 radical (unpaired) electrons. The van der Waals surface area contributed by atoms with Crippen LogP contribution in [0.4, 0.5) is 22.0 Å². The first kappa shape index (κ1) is 26.8. The Morgan fingerprint density at radius 1 is 0.943 bits per heavy atom. The van der Waals surface area contributed by atoms with E-state index in [1.54, 1.807) is 12.1 Å². The first-order chi connectivity index (χ1) is 16.3. The summed E-state index contributed by atoms with van der Waals surface area (Å²) in [6.45, 7) is 2.91. The Labute approximate surface area is 204 Å². The van der Waals surface area contributed by atoms with Gasteiger partial charge in [0, 0.05) is 19.2 Å². The van der Waals surface area contributed by atoms with Crippen LogP contribution in [0.2, 0.25) is 0 Å². The summed E-state index contributed by atoms with van der Waals surface area (Å²) in [5, 5.41) is 5.02. The van der Waals surface area contributed by atoms with Crippen molar-refractivity contribution in [3.8, 4) is 17.2 Å². The van der Waals surface area contributed by atoms with Crippen LogP contribution in [-0.4, -0.2) is 43.5 Å². The Balaban J connectivity index is 0.00000342. The third-order valence-electron chi connectivity index (χ3n) is 6.08. The number of nitrogens with zero attached hydrogens (tertiary/aromatic N) is 2. The summed E-state index contributed by atoms with van der Waals surface area (Å²) < 4.78 is 89.6. The molecule has 1 saturated heterocycles. The summed E-state index contributed by atoms with van der Waals surface area (Å²) in [6, 6.07) is 3.36. The first-order valence-corrected chi connectivity index (χ1v) is 10.7. The molecule has 2 heterocycles. The zero-order chi connectivity index (χ0) is 24.6. The Morgan fingerprint density at radius 2 is 1.49 bits per heavy atom. The molecule has 0 bridgehead atoms. The van der Waals surface area contributed by atoms with E-state index in [4.69, 9.17) is 18.7 Å². The molecule has 1 aromatic heterocycles. The molecule has 12 heteroatoms. The van der Waals surface area contributed by atoms with Gasteiger partial charge in [-0.25, -0.2) is 13.2 Å². The van der Waals surface area contributed by atoms with Gasteiger partial charge >= 0.3 is 0 Å². The highest BCUT2D eigenvalue weighted by molar-refractivity contribution is 5.85. The summed E-state index contributed by atoms with van der Waals surface area (Å²) in [5.74, 6) is -10.4. The number of fused-ring (bicyclic) bond motifs is 1. The lowest BCUT2D eigenvalue weighted by molar-refractivity contribution is 0.0655. The third kappa shape index (κ3) is 4.84. The van der Waals surface area contributed by atoms with Crippen LogP contribution in [-0.2, 0) is 0 Å². The molecule has 0 spiro atoms. The number of benzene rings is 2. The molecule has 0 saturated carbocycles. The average molecular weight is 523 g/mol. The summed E-state index contributed by atoms with van der Waals surface area (Å²) in [6.07, 6.45) is 0.630. The largest absolute Gasteiger partial charge is 0.493 e. The van der Waals surface area contributed by atoms with Gasteiger partial charge in [0.15, 0.2) is 22.8 Å². The van der Waals surface area contributed by atoms with Crippen molar-refractivity contribution in [2.24, 2.45) is 0 Å². The summed E-state index contributed by atoms with van der Waals surface area (Å²) >= 11 is 0.